The molecule has 1 heterocycles. The van der Waals surface area contributed by atoms with E-state index in [0.29, 0.717) is 5.92 Å². The van der Waals surface area contributed by atoms with Crippen LogP contribution in [-0.4, -0.2) is 26.6 Å². The highest BCUT2D eigenvalue weighted by atomic mass is 32.1. The molecule has 1 aromatic rings. The average Bonchev–Trinajstić information content (AvgIpc) is 2.64. The third kappa shape index (κ3) is 4.60. The van der Waals surface area contributed by atoms with Gasteiger partial charge in [0.25, 0.3) is 0 Å². The molecule has 1 rings (SSSR count). The minimum Gasteiger partial charge on any atom is -0.396 e. The second kappa shape index (κ2) is 6.31. The zero-order valence-electron chi connectivity index (χ0n) is 11.2. The van der Waals surface area contributed by atoms with E-state index in [-0.39, 0.29) is 12.1 Å². The maximum absolute atomic E-state index is 9.06. The number of rotatable bonds is 7. The topological polar surface area (TPSA) is 58.0 Å². The van der Waals surface area contributed by atoms with Gasteiger partial charge in [0.05, 0.1) is 0 Å². The van der Waals surface area contributed by atoms with Gasteiger partial charge < -0.3 is 10.4 Å². The first-order chi connectivity index (χ1) is 7.99. The standard InChI is InChI=1S/C12H23N3OS/c1-5-12(4,6-7-16)14-11-13-10(15-17-11)8-9(2)3/h9,16H,5-8H2,1-4H3,(H,13,14,15). The number of hydrogen-bond acceptors (Lipinski definition) is 5. The molecule has 0 aliphatic rings. The van der Waals surface area contributed by atoms with Gasteiger partial charge in [-0.25, -0.2) is 4.98 Å². The summed E-state index contributed by atoms with van der Waals surface area (Å²) in [7, 11) is 0. The summed E-state index contributed by atoms with van der Waals surface area (Å²) in [5.41, 5.74) is -0.0939. The average molecular weight is 257 g/mol. The van der Waals surface area contributed by atoms with Gasteiger partial charge in [0.2, 0.25) is 5.13 Å². The molecule has 1 aromatic heterocycles. The molecule has 0 radical (unpaired) electrons. The minimum atomic E-state index is -0.0939. The predicted octanol–water partition coefficient (Wildman–Crippen LogP) is 2.70. The Kier molecular flexibility index (Phi) is 5.33. The van der Waals surface area contributed by atoms with E-state index in [1.807, 2.05) is 0 Å². The van der Waals surface area contributed by atoms with Crippen molar-refractivity contribution in [3.05, 3.63) is 5.82 Å². The number of nitrogens with zero attached hydrogens (tertiary/aromatic N) is 2. The molecule has 98 valence electrons. The summed E-state index contributed by atoms with van der Waals surface area (Å²) in [5.74, 6) is 1.49. The molecular formula is C12H23N3OS. The second-order valence-electron chi connectivity index (χ2n) is 5.13. The molecule has 0 saturated carbocycles. The summed E-state index contributed by atoms with van der Waals surface area (Å²) in [6.07, 6.45) is 2.59. The lowest BCUT2D eigenvalue weighted by Crippen LogP contribution is -2.34. The Morgan fingerprint density at radius 1 is 1.47 bits per heavy atom. The molecule has 1 atom stereocenters. The molecule has 5 heteroatoms. The number of anilines is 1. The fourth-order valence-electron chi connectivity index (χ4n) is 1.59. The maximum Gasteiger partial charge on any atom is 0.202 e. The zero-order chi connectivity index (χ0) is 12.9. The van der Waals surface area contributed by atoms with Gasteiger partial charge in [0, 0.05) is 30.1 Å². The Hall–Kier alpha value is -0.680. The van der Waals surface area contributed by atoms with Gasteiger partial charge in [-0.05, 0) is 25.7 Å². The fourth-order valence-corrected chi connectivity index (χ4v) is 2.33. The largest absolute Gasteiger partial charge is 0.396 e. The lowest BCUT2D eigenvalue weighted by Gasteiger charge is -2.28. The molecule has 0 aliphatic heterocycles. The highest BCUT2D eigenvalue weighted by Crippen LogP contribution is 2.23. The van der Waals surface area contributed by atoms with E-state index in [1.165, 1.54) is 11.5 Å². The molecule has 0 aliphatic carbocycles. The van der Waals surface area contributed by atoms with E-state index in [9.17, 15) is 0 Å². The van der Waals surface area contributed by atoms with Gasteiger partial charge >= 0.3 is 0 Å². The fraction of sp³-hybridized carbons (Fsp3) is 0.833. The summed E-state index contributed by atoms with van der Waals surface area (Å²) < 4.78 is 4.34. The van der Waals surface area contributed by atoms with Gasteiger partial charge in [-0.15, -0.1) is 0 Å². The summed E-state index contributed by atoms with van der Waals surface area (Å²) in [6.45, 7) is 8.73. The SMILES string of the molecule is CCC(C)(CCO)Nc1nc(CC(C)C)ns1. The summed E-state index contributed by atoms with van der Waals surface area (Å²) in [6, 6.07) is 0. The van der Waals surface area contributed by atoms with Crippen LogP contribution in [-0.2, 0) is 6.42 Å². The van der Waals surface area contributed by atoms with Crippen LogP contribution in [0.15, 0.2) is 0 Å². The molecule has 4 nitrogen and oxygen atoms in total. The van der Waals surface area contributed by atoms with Crippen molar-refractivity contribution in [2.75, 3.05) is 11.9 Å². The minimum absolute atomic E-state index is 0.0939. The Morgan fingerprint density at radius 2 is 2.18 bits per heavy atom. The normalized spacial score (nSPS) is 14.9. The van der Waals surface area contributed by atoms with Gasteiger partial charge in [-0.3, -0.25) is 0 Å². The van der Waals surface area contributed by atoms with Gasteiger partial charge in [0.1, 0.15) is 5.82 Å². The first kappa shape index (κ1) is 14.4. The van der Waals surface area contributed by atoms with Gasteiger partial charge in [-0.1, -0.05) is 20.8 Å². The number of nitrogens with one attached hydrogen (secondary N) is 1. The van der Waals surface area contributed by atoms with Crippen LogP contribution in [0.4, 0.5) is 5.13 Å². The molecular weight excluding hydrogens is 234 g/mol. The van der Waals surface area contributed by atoms with E-state index in [0.717, 1.165) is 30.2 Å². The van der Waals surface area contributed by atoms with Crippen LogP contribution >= 0.6 is 11.5 Å². The number of hydrogen-bond donors (Lipinski definition) is 2. The van der Waals surface area contributed by atoms with Crippen LogP contribution in [0, 0.1) is 5.92 Å². The van der Waals surface area contributed by atoms with Crippen LogP contribution < -0.4 is 5.32 Å². The Labute approximate surface area is 108 Å². The van der Waals surface area contributed by atoms with E-state index >= 15 is 0 Å². The van der Waals surface area contributed by atoms with Crippen molar-refractivity contribution < 1.29 is 5.11 Å². The number of aromatic nitrogens is 2. The lowest BCUT2D eigenvalue weighted by molar-refractivity contribution is 0.252. The highest BCUT2D eigenvalue weighted by Gasteiger charge is 2.22. The van der Waals surface area contributed by atoms with Crippen molar-refractivity contribution >= 4 is 16.7 Å². The smallest absolute Gasteiger partial charge is 0.202 e. The predicted molar refractivity (Wildman–Crippen MR) is 72.5 cm³/mol. The second-order valence-corrected chi connectivity index (χ2v) is 5.88. The Bertz CT molecular complexity index is 340. The molecule has 0 fully saturated rings. The van der Waals surface area contributed by atoms with Gasteiger partial charge in [0.15, 0.2) is 0 Å². The first-order valence-electron chi connectivity index (χ1n) is 6.20. The van der Waals surface area contributed by atoms with E-state index in [4.69, 9.17) is 5.11 Å². The summed E-state index contributed by atoms with van der Waals surface area (Å²) in [4.78, 5) is 4.48. The van der Waals surface area contributed by atoms with Crippen molar-refractivity contribution in [3.8, 4) is 0 Å². The van der Waals surface area contributed by atoms with Crippen LogP contribution in [0.3, 0.4) is 0 Å². The Balaban J connectivity index is 2.64. The first-order valence-corrected chi connectivity index (χ1v) is 6.98. The van der Waals surface area contributed by atoms with Crippen molar-refractivity contribution in [1.82, 2.24) is 9.36 Å². The van der Waals surface area contributed by atoms with Crippen molar-refractivity contribution in [2.24, 2.45) is 5.92 Å². The van der Waals surface area contributed by atoms with E-state index < -0.39 is 0 Å². The van der Waals surface area contributed by atoms with Crippen molar-refractivity contribution in [2.45, 2.75) is 52.5 Å². The van der Waals surface area contributed by atoms with Gasteiger partial charge in [-0.2, -0.15) is 4.37 Å². The number of aliphatic hydroxyl groups excluding tert-OH is 1. The van der Waals surface area contributed by atoms with Crippen LogP contribution in [0.25, 0.3) is 0 Å². The molecule has 1 unspecified atom stereocenters. The third-order valence-corrected chi connectivity index (χ3v) is 3.58. The monoisotopic (exact) mass is 257 g/mol. The molecule has 0 bridgehead atoms. The zero-order valence-corrected chi connectivity index (χ0v) is 12.0. The molecule has 0 amide bonds. The molecule has 17 heavy (non-hydrogen) atoms. The maximum atomic E-state index is 9.06. The highest BCUT2D eigenvalue weighted by molar-refractivity contribution is 7.09. The van der Waals surface area contributed by atoms with E-state index in [2.05, 4.69) is 42.4 Å². The molecule has 2 N–H and O–H groups in total. The van der Waals surface area contributed by atoms with Crippen LogP contribution in [0.1, 0.15) is 46.4 Å². The molecule has 0 saturated heterocycles. The number of aliphatic hydroxyl groups is 1. The van der Waals surface area contributed by atoms with Crippen LogP contribution in [0.5, 0.6) is 0 Å². The quantitative estimate of drug-likeness (QED) is 0.788. The van der Waals surface area contributed by atoms with Crippen molar-refractivity contribution in [3.63, 3.8) is 0 Å². The van der Waals surface area contributed by atoms with Crippen molar-refractivity contribution in [1.29, 1.82) is 0 Å². The lowest BCUT2D eigenvalue weighted by atomic mass is 9.95. The third-order valence-electron chi connectivity index (χ3n) is 2.91. The summed E-state index contributed by atoms with van der Waals surface area (Å²) in [5, 5.41) is 13.3. The molecule has 0 spiro atoms. The Morgan fingerprint density at radius 3 is 2.71 bits per heavy atom. The molecule has 0 aromatic carbocycles. The van der Waals surface area contributed by atoms with Crippen LogP contribution in [0.2, 0.25) is 0 Å². The summed E-state index contributed by atoms with van der Waals surface area (Å²) >= 11 is 1.41. The van der Waals surface area contributed by atoms with E-state index in [1.54, 1.807) is 0 Å².